The SMILES string of the molecule is N#Cc1cc(-c2cccc(-n3c4ccccc4c4ccc(-n5c6ccccc6c6cc(C#N)ccc65)cc43)c2)cc(-n2c3ccccc3c3ccccc32)c1. The van der Waals surface area contributed by atoms with Crippen molar-refractivity contribution in [2.75, 3.05) is 0 Å². The lowest BCUT2D eigenvalue weighted by molar-refractivity contribution is 1.15. The topological polar surface area (TPSA) is 62.4 Å². The van der Waals surface area contributed by atoms with Crippen LogP contribution in [0, 0.1) is 22.7 Å². The Bertz CT molecular complexity index is 3420. The van der Waals surface area contributed by atoms with Crippen molar-refractivity contribution in [1.29, 1.82) is 10.5 Å². The molecule has 0 saturated heterocycles. The van der Waals surface area contributed by atoms with Crippen LogP contribution in [0.3, 0.4) is 0 Å². The van der Waals surface area contributed by atoms with Crippen LogP contribution < -0.4 is 0 Å². The Balaban J connectivity index is 1.12. The molecule has 0 fully saturated rings. The number of hydrogen-bond acceptors (Lipinski definition) is 2. The molecule has 55 heavy (non-hydrogen) atoms. The molecule has 0 atom stereocenters. The van der Waals surface area contributed by atoms with E-state index in [1.165, 1.54) is 16.2 Å². The maximum atomic E-state index is 10.3. The molecule has 5 heteroatoms. The van der Waals surface area contributed by atoms with Crippen LogP contribution in [0.25, 0.3) is 93.6 Å². The van der Waals surface area contributed by atoms with Gasteiger partial charge in [-0.1, -0.05) is 91.0 Å². The van der Waals surface area contributed by atoms with Gasteiger partial charge in [0.25, 0.3) is 0 Å². The van der Waals surface area contributed by atoms with Gasteiger partial charge in [-0.2, -0.15) is 10.5 Å². The van der Waals surface area contributed by atoms with Crippen LogP contribution in [-0.2, 0) is 0 Å². The van der Waals surface area contributed by atoms with Crippen LogP contribution in [0.2, 0.25) is 0 Å². The molecule has 5 nitrogen and oxygen atoms in total. The largest absolute Gasteiger partial charge is 0.309 e. The summed E-state index contributed by atoms with van der Waals surface area (Å²) in [6.45, 7) is 0. The zero-order valence-corrected chi connectivity index (χ0v) is 29.5. The maximum Gasteiger partial charge on any atom is 0.0992 e. The lowest BCUT2D eigenvalue weighted by atomic mass is 10.0. The number of rotatable bonds is 4. The van der Waals surface area contributed by atoms with E-state index in [9.17, 15) is 10.5 Å². The van der Waals surface area contributed by atoms with Gasteiger partial charge in [-0.25, -0.2) is 0 Å². The van der Waals surface area contributed by atoms with Crippen LogP contribution in [0.1, 0.15) is 11.1 Å². The van der Waals surface area contributed by atoms with Gasteiger partial charge in [0.15, 0.2) is 0 Å². The summed E-state index contributed by atoms with van der Waals surface area (Å²) in [6, 6.07) is 66.1. The molecule has 0 spiro atoms. The number of aromatic nitrogens is 3. The minimum absolute atomic E-state index is 0.606. The summed E-state index contributed by atoms with van der Waals surface area (Å²) in [5.74, 6) is 0. The second-order valence-corrected chi connectivity index (χ2v) is 14.1. The first-order valence-corrected chi connectivity index (χ1v) is 18.3. The van der Waals surface area contributed by atoms with Crippen molar-refractivity contribution < 1.29 is 0 Å². The normalized spacial score (nSPS) is 11.6. The number of para-hydroxylation sites is 4. The van der Waals surface area contributed by atoms with Crippen molar-refractivity contribution in [3.8, 4) is 40.3 Å². The van der Waals surface area contributed by atoms with Crippen LogP contribution in [0.15, 0.2) is 176 Å². The molecule has 11 rings (SSSR count). The Morgan fingerprint density at radius 1 is 0.291 bits per heavy atom. The molecule has 0 aliphatic rings. The average Bonchev–Trinajstić information content (AvgIpc) is 3.88. The van der Waals surface area contributed by atoms with Crippen molar-refractivity contribution in [2.24, 2.45) is 0 Å². The quantitative estimate of drug-likeness (QED) is 0.184. The highest BCUT2D eigenvalue weighted by molar-refractivity contribution is 6.12. The molecular formula is C50H29N5. The summed E-state index contributed by atoms with van der Waals surface area (Å²) in [5.41, 5.74) is 12.8. The Morgan fingerprint density at radius 2 is 0.782 bits per heavy atom. The molecule has 0 radical (unpaired) electrons. The van der Waals surface area contributed by atoms with E-state index < -0.39 is 0 Å². The zero-order chi connectivity index (χ0) is 36.6. The van der Waals surface area contributed by atoms with Gasteiger partial charge in [-0.3, -0.25) is 0 Å². The first-order chi connectivity index (χ1) is 27.2. The average molecular weight is 700 g/mol. The first-order valence-electron chi connectivity index (χ1n) is 18.3. The van der Waals surface area contributed by atoms with Gasteiger partial charge in [0.2, 0.25) is 0 Å². The monoisotopic (exact) mass is 699 g/mol. The van der Waals surface area contributed by atoms with Gasteiger partial charge in [-0.15, -0.1) is 0 Å². The van der Waals surface area contributed by atoms with Crippen LogP contribution in [0.4, 0.5) is 0 Å². The molecular weight excluding hydrogens is 671 g/mol. The molecule has 0 amide bonds. The summed E-state index contributed by atoms with van der Waals surface area (Å²) in [7, 11) is 0. The molecule has 254 valence electrons. The smallest absolute Gasteiger partial charge is 0.0992 e. The van der Waals surface area contributed by atoms with E-state index in [1.807, 2.05) is 24.3 Å². The molecule has 0 unspecified atom stereocenters. The molecule has 0 aliphatic carbocycles. The van der Waals surface area contributed by atoms with E-state index in [1.54, 1.807) is 0 Å². The Morgan fingerprint density at radius 3 is 1.40 bits per heavy atom. The van der Waals surface area contributed by atoms with E-state index in [2.05, 4.69) is 177 Å². The molecule has 0 saturated carbocycles. The number of hydrogen-bond donors (Lipinski definition) is 0. The molecule has 3 heterocycles. The summed E-state index contributed by atoms with van der Waals surface area (Å²) < 4.78 is 6.91. The first kappa shape index (κ1) is 30.7. The summed E-state index contributed by atoms with van der Waals surface area (Å²) in [5, 5.41) is 26.9. The fourth-order valence-electron chi connectivity index (χ4n) is 8.69. The van der Waals surface area contributed by atoms with Crippen molar-refractivity contribution >= 4 is 65.4 Å². The predicted molar refractivity (Wildman–Crippen MR) is 224 cm³/mol. The second kappa shape index (κ2) is 11.8. The molecule has 0 aliphatic heterocycles. The maximum absolute atomic E-state index is 10.3. The Kier molecular flexibility index (Phi) is 6.61. The summed E-state index contributed by atoms with van der Waals surface area (Å²) >= 11 is 0. The molecule has 0 N–H and O–H groups in total. The van der Waals surface area contributed by atoms with Gasteiger partial charge >= 0.3 is 0 Å². The Hall–Kier alpha value is -7.86. The summed E-state index contributed by atoms with van der Waals surface area (Å²) in [6.07, 6.45) is 0. The van der Waals surface area contributed by atoms with Crippen molar-refractivity contribution in [3.05, 3.63) is 187 Å². The van der Waals surface area contributed by atoms with E-state index in [0.717, 1.165) is 77.4 Å². The van der Waals surface area contributed by atoms with E-state index in [-0.39, 0.29) is 0 Å². The van der Waals surface area contributed by atoms with Crippen LogP contribution in [0.5, 0.6) is 0 Å². The summed E-state index contributed by atoms with van der Waals surface area (Å²) in [4.78, 5) is 0. The van der Waals surface area contributed by atoms with Gasteiger partial charge in [0.1, 0.15) is 0 Å². The van der Waals surface area contributed by atoms with Gasteiger partial charge in [-0.05, 0) is 96.1 Å². The minimum atomic E-state index is 0.606. The highest BCUT2D eigenvalue weighted by Gasteiger charge is 2.18. The van der Waals surface area contributed by atoms with Gasteiger partial charge in [0, 0.05) is 49.4 Å². The fraction of sp³-hybridized carbons (Fsp3) is 0. The van der Waals surface area contributed by atoms with Crippen LogP contribution >= 0.6 is 0 Å². The number of benzene rings is 8. The molecule has 0 bridgehead atoms. The fourth-order valence-corrected chi connectivity index (χ4v) is 8.69. The molecule has 11 aromatic rings. The van der Waals surface area contributed by atoms with E-state index in [0.29, 0.717) is 11.1 Å². The van der Waals surface area contributed by atoms with E-state index in [4.69, 9.17) is 0 Å². The lowest BCUT2D eigenvalue weighted by Gasteiger charge is -2.14. The standard InChI is InChI=1S/C50H29N5/c51-30-32-20-23-49-44(26-32)42-15-4-8-19-48(42)53(49)37-21-22-43-41-14-3-5-16-45(41)54(50(43)29-37)36-11-9-10-34(27-36)35-24-33(31-52)25-38(28-35)55-46-17-6-1-12-39(46)40-13-2-7-18-47(40)55/h1-29H. The van der Waals surface area contributed by atoms with Crippen molar-refractivity contribution in [3.63, 3.8) is 0 Å². The highest BCUT2D eigenvalue weighted by atomic mass is 15.0. The number of nitriles is 2. The highest BCUT2D eigenvalue weighted by Crippen LogP contribution is 2.39. The van der Waals surface area contributed by atoms with Crippen LogP contribution in [-0.4, -0.2) is 13.7 Å². The third kappa shape index (κ3) is 4.58. The third-order valence-electron chi connectivity index (χ3n) is 11.0. The van der Waals surface area contributed by atoms with Crippen molar-refractivity contribution in [1.82, 2.24) is 13.7 Å². The second-order valence-electron chi connectivity index (χ2n) is 14.1. The van der Waals surface area contributed by atoms with E-state index >= 15 is 0 Å². The number of fused-ring (bicyclic) bond motifs is 9. The zero-order valence-electron chi connectivity index (χ0n) is 29.5. The molecule has 8 aromatic carbocycles. The molecule has 3 aromatic heterocycles. The van der Waals surface area contributed by atoms with Crippen molar-refractivity contribution in [2.45, 2.75) is 0 Å². The lowest BCUT2D eigenvalue weighted by Crippen LogP contribution is -1.98. The predicted octanol–water partition coefficient (Wildman–Crippen LogP) is 12.4. The number of nitrogens with zero attached hydrogens (tertiary/aromatic N) is 5. The van der Waals surface area contributed by atoms with Gasteiger partial charge in [0.05, 0.1) is 56.4 Å². The minimum Gasteiger partial charge on any atom is -0.309 e. The Labute approximate surface area is 316 Å². The third-order valence-corrected chi connectivity index (χ3v) is 11.0. The van der Waals surface area contributed by atoms with Gasteiger partial charge < -0.3 is 13.7 Å².